The van der Waals surface area contributed by atoms with Gasteiger partial charge < -0.3 is 0 Å². The summed E-state index contributed by atoms with van der Waals surface area (Å²) < 4.78 is 0. The van der Waals surface area contributed by atoms with Gasteiger partial charge in [-0.15, -0.1) is 8.19 Å². The average molecular weight is 218 g/mol. The molecule has 2 aromatic rings. The SMILES string of the molecule is Cc1c(C)c(C)c2c(C)[pH]c(C)c2c1C. The van der Waals surface area contributed by atoms with Crippen molar-refractivity contribution >= 4 is 19.0 Å². The molecule has 0 saturated heterocycles. The minimum absolute atomic E-state index is 0.913. The van der Waals surface area contributed by atoms with Gasteiger partial charge in [0.2, 0.25) is 0 Å². The molecule has 0 saturated carbocycles. The summed E-state index contributed by atoms with van der Waals surface area (Å²) in [7, 11) is 0.913. The quantitative estimate of drug-likeness (QED) is 0.600. The van der Waals surface area contributed by atoms with Crippen LogP contribution in [0, 0.1) is 41.5 Å². The third kappa shape index (κ3) is 1.35. The molecule has 0 aliphatic rings. The number of rotatable bonds is 0. The van der Waals surface area contributed by atoms with Crippen molar-refractivity contribution in [1.29, 1.82) is 0 Å². The summed E-state index contributed by atoms with van der Waals surface area (Å²) >= 11 is 0. The van der Waals surface area contributed by atoms with Crippen molar-refractivity contribution in [3.63, 3.8) is 0 Å². The highest BCUT2D eigenvalue weighted by Gasteiger charge is 2.13. The van der Waals surface area contributed by atoms with Crippen LogP contribution in [-0.4, -0.2) is 0 Å². The Bertz CT molecular complexity index is 496. The summed E-state index contributed by atoms with van der Waals surface area (Å²) in [5, 5.41) is 6.25. The van der Waals surface area contributed by atoms with Gasteiger partial charge in [-0.1, -0.05) is 0 Å². The van der Waals surface area contributed by atoms with Crippen LogP contribution in [0.5, 0.6) is 0 Å². The molecule has 0 unspecified atom stereocenters. The molecule has 1 heteroatoms. The van der Waals surface area contributed by atoms with E-state index in [1.54, 1.807) is 21.4 Å². The maximum absolute atomic E-state index is 2.29. The number of fused-ring (bicyclic) bond motifs is 1. The second-order valence-electron chi connectivity index (χ2n) is 4.62. The van der Waals surface area contributed by atoms with Gasteiger partial charge in [0, 0.05) is 0 Å². The first-order valence-electron chi connectivity index (χ1n) is 5.50. The van der Waals surface area contributed by atoms with Gasteiger partial charge in [0.05, 0.1) is 0 Å². The Morgan fingerprint density at radius 1 is 0.533 bits per heavy atom. The fraction of sp³-hybridized carbons (Fsp3) is 0.429. The Morgan fingerprint density at radius 2 is 0.867 bits per heavy atom. The maximum atomic E-state index is 2.29. The molecule has 1 heterocycles. The molecule has 1 aromatic carbocycles. The molecule has 80 valence electrons. The Labute approximate surface area is 93.8 Å². The van der Waals surface area contributed by atoms with Gasteiger partial charge in [0.15, 0.2) is 0 Å². The van der Waals surface area contributed by atoms with Crippen LogP contribution in [0.25, 0.3) is 10.8 Å². The molecule has 0 bridgehead atoms. The van der Waals surface area contributed by atoms with Crippen LogP contribution in [-0.2, 0) is 0 Å². The third-order valence-electron chi connectivity index (χ3n) is 3.81. The van der Waals surface area contributed by atoms with E-state index < -0.39 is 0 Å². The molecular weight excluding hydrogens is 199 g/mol. The summed E-state index contributed by atoms with van der Waals surface area (Å²) in [6, 6.07) is 0. The highest BCUT2D eigenvalue weighted by Crippen LogP contribution is 2.40. The van der Waals surface area contributed by atoms with Gasteiger partial charge in [0.25, 0.3) is 0 Å². The number of benzene rings is 1. The zero-order valence-corrected chi connectivity index (χ0v) is 11.5. The second kappa shape index (κ2) is 3.39. The van der Waals surface area contributed by atoms with Crippen LogP contribution in [0.3, 0.4) is 0 Å². The summed E-state index contributed by atoms with van der Waals surface area (Å²) in [4.78, 5) is 0. The lowest BCUT2D eigenvalue weighted by Gasteiger charge is -2.12. The van der Waals surface area contributed by atoms with E-state index >= 15 is 0 Å². The van der Waals surface area contributed by atoms with Gasteiger partial charge >= 0.3 is 0 Å². The normalized spacial score (nSPS) is 11.3. The molecular formula is C14H19P. The maximum Gasteiger partial charge on any atom is -0.00769 e. The van der Waals surface area contributed by atoms with Crippen molar-refractivity contribution in [2.24, 2.45) is 0 Å². The molecule has 0 radical (unpaired) electrons. The van der Waals surface area contributed by atoms with Crippen molar-refractivity contribution in [2.45, 2.75) is 41.5 Å². The highest BCUT2D eigenvalue weighted by atomic mass is 31.0. The summed E-state index contributed by atoms with van der Waals surface area (Å²) in [6.45, 7) is 13.6. The first-order valence-corrected chi connectivity index (χ1v) is 6.50. The molecule has 0 nitrogen and oxygen atoms in total. The van der Waals surface area contributed by atoms with E-state index in [1.165, 1.54) is 22.3 Å². The lowest BCUT2D eigenvalue weighted by molar-refractivity contribution is 1.25. The summed E-state index contributed by atoms with van der Waals surface area (Å²) in [6.07, 6.45) is 0. The van der Waals surface area contributed by atoms with E-state index in [1.807, 2.05) is 0 Å². The van der Waals surface area contributed by atoms with Crippen LogP contribution < -0.4 is 0 Å². The van der Waals surface area contributed by atoms with E-state index in [0.717, 1.165) is 8.19 Å². The van der Waals surface area contributed by atoms with Crippen LogP contribution in [0.4, 0.5) is 0 Å². The van der Waals surface area contributed by atoms with Crippen LogP contribution in [0.15, 0.2) is 0 Å². The van der Waals surface area contributed by atoms with Crippen molar-refractivity contribution in [3.05, 3.63) is 32.8 Å². The number of hydrogen-bond acceptors (Lipinski definition) is 0. The van der Waals surface area contributed by atoms with E-state index in [0.29, 0.717) is 0 Å². The lowest BCUT2D eigenvalue weighted by atomic mass is 9.92. The summed E-state index contributed by atoms with van der Waals surface area (Å²) in [5.41, 5.74) is 5.94. The van der Waals surface area contributed by atoms with Crippen LogP contribution in [0.1, 0.15) is 32.8 Å². The Morgan fingerprint density at radius 3 is 1.20 bits per heavy atom. The summed E-state index contributed by atoms with van der Waals surface area (Å²) in [5.74, 6) is 0. The largest absolute Gasteiger partial charge is 0.133 e. The zero-order chi connectivity index (χ0) is 11.3. The molecule has 0 atom stereocenters. The van der Waals surface area contributed by atoms with E-state index in [-0.39, 0.29) is 0 Å². The fourth-order valence-electron chi connectivity index (χ4n) is 2.66. The Kier molecular flexibility index (Phi) is 2.43. The molecule has 0 N–H and O–H groups in total. The van der Waals surface area contributed by atoms with Gasteiger partial charge in [-0.2, -0.15) is 0 Å². The molecule has 0 amide bonds. The minimum atomic E-state index is 0.913. The molecule has 1 aromatic heterocycles. The van der Waals surface area contributed by atoms with Gasteiger partial charge in [0.1, 0.15) is 0 Å². The van der Waals surface area contributed by atoms with Crippen molar-refractivity contribution in [2.75, 3.05) is 0 Å². The van der Waals surface area contributed by atoms with Crippen LogP contribution in [0.2, 0.25) is 0 Å². The first kappa shape index (κ1) is 10.8. The van der Waals surface area contributed by atoms with Crippen LogP contribution >= 0.6 is 8.19 Å². The third-order valence-corrected chi connectivity index (χ3v) is 5.06. The second-order valence-corrected chi connectivity index (χ2v) is 6.38. The first-order chi connectivity index (χ1) is 6.95. The lowest BCUT2D eigenvalue weighted by Crippen LogP contribution is -1.93. The highest BCUT2D eigenvalue weighted by molar-refractivity contribution is 7.33. The number of hydrogen-bond donors (Lipinski definition) is 0. The van der Waals surface area contributed by atoms with Gasteiger partial charge in [-0.05, 0) is 85.2 Å². The van der Waals surface area contributed by atoms with E-state index in [9.17, 15) is 0 Å². The molecule has 0 spiro atoms. The average Bonchev–Trinajstić information content (AvgIpc) is 2.47. The smallest absolute Gasteiger partial charge is 0.00769 e. The number of aryl methyl sites for hydroxylation is 4. The Balaban J connectivity index is 3.10. The fourth-order valence-corrected chi connectivity index (χ4v) is 4.09. The molecule has 15 heavy (non-hydrogen) atoms. The minimum Gasteiger partial charge on any atom is -0.133 e. The predicted octanol–water partition coefficient (Wildman–Crippen LogP) is 4.72. The predicted molar refractivity (Wildman–Crippen MR) is 71.9 cm³/mol. The standard InChI is InChI=1S/C14H19P/c1-7-8(2)10(4)14-12(6)15-11(5)13(14)9(7)3/h15H,1-6H3. The van der Waals surface area contributed by atoms with Gasteiger partial charge in [-0.25, -0.2) is 0 Å². The molecule has 0 aliphatic carbocycles. The molecule has 0 aliphatic heterocycles. The Hall–Kier alpha value is -0.740. The van der Waals surface area contributed by atoms with E-state index in [4.69, 9.17) is 0 Å². The van der Waals surface area contributed by atoms with Crippen molar-refractivity contribution in [1.82, 2.24) is 0 Å². The van der Waals surface area contributed by atoms with Crippen molar-refractivity contribution < 1.29 is 0 Å². The van der Waals surface area contributed by atoms with E-state index in [2.05, 4.69) is 41.5 Å². The monoisotopic (exact) mass is 218 g/mol. The zero-order valence-electron chi connectivity index (χ0n) is 10.5. The van der Waals surface area contributed by atoms with Gasteiger partial charge in [-0.3, -0.25) is 0 Å². The molecule has 0 fully saturated rings. The topological polar surface area (TPSA) is 0 Å². The molecule has 2 rings (SSSR count). The van der Waals surface area contributed by atoms with Crippen molar-refractivity contribution in [3.8, 4) is 0 Å².